The van der Waals surface area contributed by atoms with Gasteiger partial charge < -0.3 is 9.47 Å². The van der Waals surface area contributed by atoms with Gasteiger partial charge in [0, 0.05) is 12.8 Å². The smallest absolute Gasteiger partial charge is 0.211 e. The first-order chi connectivity index (χ1) is 5.70. The fraction of sp³-hybridized carbons (Fsp3) is 0.600. The molecule has 1 heterocycles. The van der Waals surface area contributed by atoms with E-state index in [1.165, 1.54) is 5.57 Å². The summed E-state index contributed by atoms with van der Waals surface area (Å²) in [4.78, 5) is 0. The molecule has 0 aromatic rings. The lowest BCUT2D eigenvalue weighted by atomic mass is 9.91. The van der Waals surface area contributed by atoms with Crippen LogP contribution >= 0.6 is 0 Å². The summed E-state index contributed by atoms with van der Waals surface area (Å²) in [5, 5.41) is 0. The van der Waals surface area contributed by atoms with Crippen LogP contribution in [-0.4, -0.2) is 12.4 Å². The average Bonchev–Trinajstić information content (AvgIpc) is 2.40. The largest absolute Gasteiger partial charge is 0.465 e. The Kier molecular flexibility index (Phi) is 1.72. The fourth-order valence-electron chi connectivity index (χ4n) is 1.76. The summed E-state index contributed by atoms with van der Waals surface area (Å²) in [5.41, 5.74) is 1.31. The molecule has 1 spiro atoms. The van der Waals surface area contributed by atoms with Crippen LogP contribution in [0.3, 0.4) is 0 Å². The van der Waals surface area contributed by atoms with Gasteiger partial charge >= 0.3 is 0 Å². The molecule has 0 bridgehead atoms. The third kappa shape index (κ3) is 1.27. The van der Waals surface area contributed by atoms with E-state index in [9.17, 15) is 0 Å². The van der Waals surface area contributed by atoms with Crippen molar-refractivity contribution >= 4 is 0 Å². The Morgan fingerprint density at radius 3 is 2.33 bits per heavy atom. The highest BCUT2D eigenvalue weighted by Gasteiger charge is 2.40. The molecule has 0 aromatic carbocycles. The lowest BCUT2D eigenvalue weighted by Crippen LogP contribution is -2.32. The van der Waals surface area contributed by atoms with Gasteiger partial charge in [-0.3, -0.25) is 0 Å². The topological polar surface area (TPSA) is 18.5 Å². The highest BCUT2D eigenvalue weighted by molar-refractivity contribution is 5.04. The van der Waals surface area contributed by atoms with Crippen molar-refractivity contribution < 1.29 is 9.47 Å². The maximum Gasteiger partial charge on any atom is 0.211 e. The molecular weight excluding hydrogens is 152 g/mol. The molecule has 0 amide bonds. The number of rotatable bonds is 0. The van der Waals surface area contributed by atoms with E-state index in [4.69, 9.17) is 9.47 Å². The van der Waals surface area contributed by atoms with E-state index in [2.05, 4.69) is 13.2 Å². The van der Waals surface area contributed by atoms with Crippen molar-refractivity contribution in [1.29, 1.82) is 0 Å². The van der Waals surface area contributed by atoms with Gasteiger partial charge in [-0.25, -0.2) is 0 Å². The number of ether oxygens (including phenoxy) is 2. The SMILES string of the molecule is C=C1CCC2(CC1)OCC(=C)O2. The van der Waals surface area contributed by atoms with Crippen LogP contribution in [0.4, 0.5) is 0 Å². The molecule has 2 fully saturated rings. The molecule has 0 radical (unpaired) electrons. The lowest BCUT2D eigenvalue weighted by Gasteiger charge is -2.31. The predicted octanol–water partition coefficient (Wildman–Crippen LogP) is 2.37. The van der Waals surface area contributed by atoms with Crippen LogP contribution in [-0.2, 0) is 9.47 Å². The molecule has 2 heteroatoms. The third-order valence-electron chi connectivity index (χ3n) is 2.55. The molecule has 1 aliphatic carbocycles. The van der Waals surface area contributed by atoms with Crippen LogP contribution in [0, 0.1) is 0 Å². The van der Waals surface area contributed by atoms with Crippen molar-refractivity contribution in [3.8, 4) is 0 Å². The zero-order chi connectivity index (χ0) is 8.60. The Bertz CT molecular complexity index is 220. The first-order valence-electron chi connectivity index (χ1n) is 4.38. The average molecular weight is 166 g/mol. The fourth-order valence-corrected chi connectivity index (χ4v) is 1.76. The molecule has 2 nitrogen and oxygen atoms in total. The first kappa shape index (κ1) is 7.87. The van der Waals surface area contributed by atoms with Gasteiger partial charge in [-0.05, 0) is 12.8 Å². The summed E-state index contributed by atoms with van der Waals surface area (Å²) in [7, 11) is 0. The monoisotopic (exact) mass is 166 g/mol. The second-order valence-corrected chi connectivity index (χ2v) is 3.59. The Hall–Kier alpha value is -0.760. The molecule has 2 aliphatic rings. The van der Waals surface area contributed by atoms with Crippen LogP contribution in [0.15, 0.2) is 24.5 Å². The van der Waals surface area contributed by atoms with Gasteiger partial charge in [-0.1, -0.05) is 18.7 Å². The van der Waals surface area contributed by atoms with E-state index in [1.54, 1.807) is 0 Å². The second-order valence-electron chi connectivity index (χ2n) is 3.59. The molecular formula is C10H14O2. The van der Waals surface area contributed by atoms with E-state index in [0.717, 1.165) is 31.4 Å². The molecule has 0 aromatic heterocycles. The quantitative estimate of drug-likeness (QED) is 0.514. The van der Waals surface area contributed by atoms with Crippen molar-refractivity contribution in [3.05, 3.63) is 24.5 Å². The normalized spacial score (nSPS) is 27.7. The van der Waals surface area contributed by atoms with Gasteiger partial charge in [-0.2, -0.15) is 0 Å². The molecule has 66 valence electrons. The molecule has 0 atom stereocenters. The van der Waals surface area contributed by atoms with Crippen molar-refractivity contribution in [3.63, 3.8) is 0 Å². The standard InChI is InChI=1S/C10H14O2/c1-8-3-5-10(6-4-8)11-7-9(2)12-10/h1-7H2. The Balaban J connectivity index is 2.04. The summed E-state index contributed by atoms with van der Waals surface area (Å²) in [6.07, 6.45) is 3.91. The van der Waals surface area contributed by atoms with E-state index >= 15 is 0 Å². The summed E-state index contributed by atoms with van der Waals surface area (Å²) < 4.78 is 11.2. The van der Waals surface area contributed by atoms with Crippen LogP contribution in [0.1, 0.15) is 25.7 Å². The summed E-state index contributed by atoms with van der Waals surface area (Å²) >= 11 is 0. The van der Waals surface area contributed by atoms with Crippen molar-refractivity contribution in [2.75, 3.05) is 6.61 Å². The van der Waals surface area contributed by atoms with E-state index < -0.39 is 0 Å². The van der Waals surface area contributed by atoms with Crippen LogP contribution in [0.5, 0.6) is 0 Å². The molecule has 1 aliphatic heterocycles. The molecule has 0 N–H and O–H groups in total. The van der Waals surface area contributed by atoms with Gasteiger partial charge in [0.1, 0.15) is 12.4 Å². The van der Waals surface area contributed by atoms with Crippen LogP contribution in [0.25, 0.3) is 0 Å². The van der Waals surface area contributed by atoms with Crippen molar-refractivity contribution in [1.82, 2.24) is 0 Å². The molecule has 12 heavy (non-hydrogen) atoms. The van der Waals surface area contributed by atoms with E-state index in [-0.39, 0.29) is 5.79 Å². The predicted molar refractivity (Wildman–Crippen MR) is 46.5 cm³/mol. The zero-order valence-electron chi connectivity index (χ0n) is 7.27. The maximum atomic E-state index is 5.58. The summed E-state index contributed by atoms with van der Waals surface area (Å²) in [5.74, 6) is 0.431. The molecule has 0 unspecified atom stereocenters. The number of hydrogen-bond acceptors (Lipinski definition) is 2. The zero-order valence-corrected chi connectivity index (χ0v) is 7.27. The second kappa shape index (κ2) is 2.63. The summed E-state index contributed by atoms with van der Waals surface area (Å²) in [6, 6.07) is 0. The van der Waals surface area contributed by atoms with Gasteiger partial charge in [0.25, 0.3) is 0 Å². The minimum absolute atomic E-state index is 0.335. The van der Waals surface area contributed by atoms with Gasteiger partial charge in [0.15, 0.2) is 0 Å². The van der Waals surface area contributed by atoms with Gasteiger partial charge in [0.2, 0.25) is 5.79 Å². The minimum Gasteiger partial charge on any atom is -0.465 e. The number of hydrogen-bond donors (Lipinski definition) is 0. The van der Waals surface area contributed by atoms with Crippen LogP contribution < -0.4 is 0 Å². The molecule has 1 saturated carbocycles. The lowest BCUT2D eigenvalue weighted by molar-refractivity contribution is -0.163. The van der Waals surface area contributed by atoms with Gasteiger partial charge in [-0.15, -0.1) is 0 Å². The van der Waals surface area contributed by atoms with Crippen molar-refractivity contribution in [2.45, 2.75) is 31.5 Å². The maximum absolute atomic E-state index is 5.58. The first-order valence-corrected chi connectivity index (χ1v) is 4.38. The Morgan fingerprint density at radius 2 is 1.83 bits per heavy atom. The molecule has 1 saturated heterocycles. The third-order valence-corrected chi connectivity index (χ3v) is 2.55. The van der Waals surface area contributed by atoms with Crippen LogP contribution in [0.2, 0.25) is 0 Å². The van der Waals surface area contributed by atoms with Gasteiger partial charge in [0.05, 0.1) is 0 Å². The van der Waals surface area contributed by atoms with E-state index in [0.29, 0.717) is 6.61 Å². The molecule has 2 rings (SSSR count). The van der Waals surface area contributed by atoms with Crippen molar-refractivity contribution in [2.24, 2.45) is 0 Å². The minimum atomic E-state index is -0.335. The summed E-state index contributed by atoms with van der Waals surface area (Å²) in [6.45, 7) is 8.27. The highest BCUT2D eigenvalue weighted by atomic mass is 16.7. The highest BCUT2D eigenvalue weighted by Crippen LogP contribution is 2.39. The number of allylic oxidation sites excluding steroid dienone is 1. The Labute approximate surface area is 72.9 Å². The van der Waals surface area contributed by atoms with E-state index in [1.807, 2.05) is 0 Å². The Morgan fingerprint density at radius 1 is 1.17 bits per heavy atom.